The van der Waals surface area contributed by atoms with Crippen LogP contribution >= 0.6 is 12.6 Å². The van der Waals surface area contributed by atoms with Crippen molar-refractivity contribution in [3.63, 3.8) is 0 Å². The second kappa shape index (κ2) is 4.03. The molecule has 0 saturated carbocycles. The molecule has 0 spiro atoms. The quantitative estimate of drug-likeness (QED) is 0.617. The van der Waals surface area contributed by atoms with E-state index in [0.29, 0.717) is 10.5 Å². The first kappa shape index (κ1) is 10.0. The Morgan fingerprint density at radius 3 is 2.27 bits per heavy atom. The van der Waals surface area contributed by atoms with Gasteiger partial charge in [-0.25, -0.2) is 0 Å². The molecule has 0 bridgehead atoms. The van der Waals surface area contributed by atoms with Gasteiger partial charge in [-0.15, -0.1) is 12.6 Å². The van der Waals surface area contributed by atoms with E-state index in [-0.39, 0.29) is 7.43 Å². The van der Waals surface area contributed by atoms with Crippen LogP contribution in [0.3, 0.4) is 0 Å². The zero-order valence-electron chi connectivity index (χ0n) is 5.24. The molecule has 11 heavy (non-hydrogen) atoms. The predicted octanol–water partition coefficient (Wildman–Crippen LogP) is 1.71. The molecule has 3 heteroatoms. The Morgan fingerprint density at radius 2 is 1.91 bits per heavy atom. The van der Waals surface area contributed by atoms with Gasteiger partial charge >= 0.3 is 0 Å². The van der Waals surface area contributed by atoms with Crippen LogP contribution < -0.4 is 5.73 Å². The largest absolute Gasteiger partial charge is 0.366 e. The molecule has 1 aromatic rings. The summed E-state index contributed by atoms with van der Waals surface area (Å²) in [5.41, 5.74) is 5.49. The minimum atomic E-state index is -0.439. The summed E-state index contributed by atoms with van der Waals surface area (Å²) in [7, 11) is 0. The van der Waals surface area contributed by atoms with Gasteiger partial charge in [-0.1, -0.05) is 19.6 Å². The fourth-order valence-electron chi connectivity index (χ4n) is 0.682. The first-order valence-electron chi connectivity index (χ1n) is 2.79. The Labute approximate surface area is 71.8 Å². The summed E-state index contributed by atoms with van der Waals surface area (Å²) in [6.07, 6.45) is 0. The molecule has 0 atom stereocenters. The Bertz CT molecular complexity index is 260. The highest BCUT2D eigenvalue weighted by Crippen LogP contribution is 2.10. The van der Waals surface area contributed by atoms with Crippen LogP contribution in [0.2, 0.25) is 0 Å². The van der Waals surface area contributed by atoms with Gasteiger partial charge in [0.2, 0.25) is 5.91 Å². The third-order valence-corrected chi connectivity index (χ3v) is 1.56. The summed E-state index contributed by atoms with van der Waals surface area (Å²) in [4.78, 5) is 11.2. The lowest BCUT2D eigenvalue weighted by molar-refractivity contribution is 0.0997. The van der Waals surface area contributed by atoms with Gasteiger partial charge in [0.25, 0.3) is 0 Å². The topological polar surface area (TPSA) is 43.1 Å². The Morgan fingerprint density at radius 1 is 1.36 bits per heavy atom. The van der Waals surface area contributed by atoms with Crippen LogP contribution in [0, 0.1) is 0 Å². The Balaban J connectivity index is 0.000001000. The van der Waals surface area contributed by atoms with Crippen LogP contribution in [0.5, 0.6) is 0 Å². The van der Waals surface area contributed by atoms with Crippen LogP contribution in [0.25, 0.3) is 0 Å². The maximum atomic E-state index is 10.6. The van der Waals surface area contributed by atoms with Gasteiger partial charge in [0, 0.05) is 4.90 Å². The maximum absolute atomic E-state index is 10.6. The summed E-state index contributed by atoms with van der Waals surface area (Å²) < 4.78 is 0. The molecule has 0 radical (unpaired) electrons. The van der Waals surface area contributed by atoms with Crippen molar-refractivity contribution in [3.05, 3.63) is 29.8 Å². The van der Waals surface area contributed by atoms with Crippen molar-refractivity contribution in [2.24, 2.45) is 5.73 Å². The highest BCUT2D eigenvalue weighted by molar-refractivity contribution is 7.80. The minimum Gasteiger partial charge on any atom is -0.366 e. The molecule has 1 amide bonds. The fourth-order valence-corrected chi connectivity index (χ4v) is 0.953. The van der Waals surface area contributed by atoms with Crippen LogP contribution in [-0.2, 0) is 0 Å². The van der Waals surface area contributed by atoms with Gasteiger partial charge in [-0.2, -0.15) is 0 Å². The van der Waals surface area contributed by atoms with Crippen LogP contribution in [0.15, 0.2) is 29.2 Å². The highest BCUT2D eigenvalue weighted by atomic mass is 32.1. The van der Waals surface area contributed by atoms with Crippen molar-refractivity contribution < 1.29 is 4.79 Å². The fraction of sp³-hybridized carbons (Fsp3) is 0.125. The molecule has 0 aliphatic heterocycles. The summed E-state index contributed by atoms with van der Waals surface area (Å²) in [5, 5.41) is 0. The van der Waals surface area contributed by atoms with E-state index in [1.807, 2.05) is 0 Å². The summed E-state index contributed by atoms with van der Waals surface area (Å²) in [6.45, 7) is 0. The van der Waals surface area contributed by atoms with E-state index in [1.54, 1.807) is 24.3 Å². The second-order valence-electron chi connectivity index (χ2n) is 1.88. The Kier molecular flexibility index (Phi) is 3.68. The van der Waals surface area contributed by atoms with Crippen LogP contribution in [0.4, 0.5) is 0 Å². The summed E-state index contributed by atoms with van der Waals surface area (Å²) in [5.74, 6) is -0.439. The number of rotatable bonds is 1. The monoisotopic (exact) mass is 169 g/mol. The Hall–Kier alpha value is -0.960. The lowest BCUT2D eigenvalue weighted by atomic mass is 10.2. The van der Waals surface area contributed by atoms with Crippen LogP contribution in [0.1, 0.15) is 17.8 Å². The van der Waals surface area contributed by atoms with E-state index >= 15 is 0 Å². The summed E-state index contributed by atoms with van der Waals surface area (Å²) >= 11 is 4.04. The van der Waals surface area contributed by atoms with Crippen LogP contribution in [-0.4, -0.2) is 5.91 Å². The maximum Gasteiger partial charge on any atom is 0.249 e. The average Bonchev–Trinajstić information content (AvgIpc) is 1.88. The molecule has 1 aromatic carbocycles. The first-order chi connectivity index (χ1) is 4.72. The van der Waals surface area contributed by atoms with E-state index < -0.39 is 5.91 Å². The van der Waals surface area contributed by atoms with Gasteiger partial charge in [0.15, 0.2) is 0 Å². The number of nitrogens with two attached hydrogens (primary N) is 1. The molecule has 0 heterocycles. The minimum absolute atomic E-state index is 0. The summed E-state index contributed by atoms with van der Waals surface area (Å²) in [6, 6.07) is 6.92. The van der Waals surface area contributed by atoms with Crippen molar-refractivity contribution >= 4 is 18.5 Å². The number of carbonyl (C=O) groups is 1. The van der Waals surface area contributed by atoms with E-state index in [0.717, 1.165) is 0 Å². The first-order valence-corrected chi connectivity index (χ1v) is 3.24. The number of carbonyl (C=O) groups excluding carboxylic acids is 1. The lowest BCUT2D eigenvalue weighted by Gasteiger charge is -1.96. The van der Waals surface area contributed by atoms with Crippen molar-refractivity contribution in [1.29, 1.82) is 0 Å². The lowest BCUT2D eigenvalue weighted by Crippen LogP contribution is -2.11. The second-order valence-corrected chi connectivity index (χ2v) is 2.36. The third kappa shape index (κ3) is 2.27. The molecule has 2 N–H and O–H groups in total. The number of hydrogen-bond acceptors (Lipinski definition) is 2. The van der Waals surface area contributed by atoms with E-state index in [2.05, 4.69) is 12.6 Å². The molecule has 0 aliphatic rings. The number of thiol groups is 1. The van der Waals surface area contributed by atoms with E-state index in [1.165, 1.54) is 0 Å². The van der Waals surface area contributed by atoms with Gasteiger partial charge < -0.3 is 5.73 Å². The van der Waals surface area contributed by atoms with Gasteiger partial charge in [-0.3, -0.25) is 4.79 Å². The van der Waals surface area contributed by atoms with Gasteiger partial charge in [0.05, 0.1) is 5.56 Å². The van der Waals surface area contributed by atoms with Crippen molar-refractivity contribution in [1.82, 2.24) is 0 Å². The molecular weight excluding hydrogens is 158 g/mol. The molecule has 1 rings (SSSR count). The number of benzene rings is 1. The molecular formula is C8H11NOS. The predicted molar refractivity (Wildman–Crippen MR) is 48.9 cm³/mol. The zero-order chi connectivity index (χ0) is 7.56. The standard InChI is InChI=1S/C7H7NOS.CH4/c8-7(9)5-3-1-2-4-6(5)10;/h1-4,10H,(H2,8,9);1H4. The molecule has 0 fully saturated rings. The molecule has 0 unspecified atom stereocenters. The van der Waals surface area contributed by atoms with E-state index in [9.17, 15) is 4.79 Å². The van der Waals surface area contributed by atoms with Crippen molar-refractivity contribution in [2.45, 2.75) is 12.3 Å². The number of primary amides is 1. The SMILES string of the molecule is C.NC(=O)c1ccccc1S. The van der Waals surface area contributed by atoms with E-state index in [4.69, 9.17) is 5.73 Å². The average molecular weight is 169 g/mol. The molecule has 0 aliphatic carbocycles. The number of hydrogen-bond donors (Lipinski definition) is 2. The normalized spacial score (nSPS) is 8.45. The number of amides is 1. The third-order valence-electron chi connectivity index (χ3n) is 1.17. The van der Waals surface area contributed by atoms with Crippen molar-refractivity contribution in [2.75, 3.05) is 0 Å². The molecule has 0 aromatic heterocycles. The van der Waals surface area contributed by atoms with Gasteiger partial charge in [-0.05, 0) is 12.1 Å². The molecule has 2 nitrogen and oxygen atoms in total. The van der Waals surface area contributed by atoms with Crippen molar-refractivity contribution in [3.8, 4) is 0 Å². The highest BCUT2D eigenvalue weighted by Gasteiger charge is 2.01. The zero-order valence-corrected chi connectivity index (χ0v) is 6.14. The van der Waals surface area contributed by atoms with Gasteiger partial charge in [0.1, 0.15) is 0 Å². The molecule has 60 valence electrons. The molecule has 0 saturated heterocycles. The smallest absolute Gasteiger partial charge is 0.249 e.